The second kappa shape index (κ2) is 9.12. The van der Waals surface area contributed by atoms with E-state index < -0.39 is 0 Å². The van der Waals surface area contributed by atoms with E-state index in [0.29, 0.717) is 32.0 Å². The average Bonchev–Trinajstić information content (AvgIpc) is 2.73. The van der Waals surface area contributed by atoms with Crippen molar-refractivity contribution in [1.29, 1.82) is 0 Å². The lowest BCUT2D eigenvalue weighted by Gasteiger charge is -2.09. The molecule has 2 N–H and O–H groups in total. The molecule has 3 aromatic rings. The number of rotatable bonds is 0. The van der Waals surface area contributed by atoms with Crippen LogP contribution in [0, 0.1) is 0 Å². The van der Waals surface area contributed by atoms with E-state index in [1.54, 1.807) is 6.20 Å². The molecule has 6 heteroatoms. The minimum absolute atomic E-state index is 0.0216. The number of anilines is 3. The fourth-order valence-corrected chi connectivity index (χ4v) is 3.07. The summed E-state index contributed by atoms with van der Waals surface area (Å²) < 4.78 is 5.69. The van der Waals surface area contributed by atoms with Gasteiger partial charge in [-0.15, -0.1) is 0 Å². The number of ether oxygens (including phenoxy) is 1. The normalized spacial score (nSPS) is 14.7. The summed E-state index contributed by atoms with van der Waals surface area (Å²) in [5.41, 5.74) is 4.40. The standard InChI is InChI=1S/C23H22N4O2/c28-22-10-2-1-3-13-29-16-17-6-4-8-19(14-17)26-23-24-12-11-21(27-23)18-7-5-9-20(15-18)25-22/h1,3-9,11-12,14-15H,2,10,13,16H2,(H,25,28)(H,24,26,27). The van der Waals surface area contributed by atoms with Gasteiger partial charge in [0.1, 0.15) is 0 Å². The first-order valence-electron chi connectivity index (χ1n) is 9.58. The van der Waals surface area contributed by atoms with Gasteiger partial charge in [-0.05, 0) is 42.3 Å². The summed E-state index contributed by atoms with van der Waals surface area (Å²) in [5, 5.41) is 6.20. The molecule has 0 radical (unpaired) electrons. The quantitative estimate of drug-likeness (QED) is 0.548. The van der Waals surface area contributed by atoms with E-state index in [0.717, 1.165) is 28.2 Å². The van der Waals surface area contributed by atoms with Gasteiger partial charge in [0.05, 0.1) is 18.9 Å². The average molecular weight is 386 g/mol. The van der Waals surface area contributed by atoms with Crippen LogP contribution >= 0.6 is 0 Å². The molecule has 0 fully saturated rings. The van der Waals surface area contributed by atoms with Crippen molar-refractivity contribution in [2.45, 2.75) is 19.4 Å². The molecule has 0 unspecified atom stereocenters. The zero-order valence-corrected chi connectivity index (χ0v) is 16.0. The second-order valence-corrected chi connectivity index (χ2v) is 6.75. The van der Waals surface area contributed by atoms with Gasteiger partial charge in [0, 0.05) is 29.6 Å². The molecule has 4 rings (SSSR count). The molecule has 1 amide bonds. The van der Waals surface area contributed by atoms with E-state index in [9.17, 15) is 4.79 Å². The number of fused-ring (bicyclic) bond motifs is 7. The Morgan fingerprint density at radius 1 is 0.931 bits per heavy atom. The van der Waals surface area contributed by atoms with Gasteiger partial charge in [0.2, 0.25) is 11.9 Å². The first kappa shape index (κ1) is 18.8. The molecular weight excluding hydrogens is 364 g/mol. The van der Waals surface area contributed by atoms with Crippen molar-refractivity contribution in [3.63, 3.8) is 0 Å². The first-order valence-corrected chi connectivity index (χ1v) is 9.58. The number of allylic oxidation sites excluding steroid dienone is 1. The van der Waals surface area contributed by atoms with Crippen molar-refractivity contribution in [3.8, 4) is 11.3 Å². The Morgan fingerprint density at radius 2 is 1.79 bits per heavy atom. The fourth-order valence-electron chi connectivity index (χ4n) is 3.07. The van der Waals surface area contributed by atoms with E-state index in [1.165, 1.54) is 0 Å². The third-order valence-corrected chi connectivity index (χ3v) is 4.47. The zero-order chi connectivity index (χ0) is 19.9. The van der Waals surface area contributed by atoms with Crippen LogP contribution in [0.2, 0.25) is 0 Å². The number of nitrogens with one attached hydrogen (secondary N) is 2. The van der Waals surface area contributed by atoms with Gasteiger partial charge in [-0.2, -0.15) is 0 Å². The molecule has 0 atom stereocenters. The molecule has 6 bridgehead atoms. The summed E-state index contributed by atoms with van der Waals surface area (Å²) in [7, 11) is 0. The first-order chi connectivity index (χ1) is 14.3. The lowest BCUT2D eigenvalue weighted by Crippen LogP contribution is -2.10. The minimum Gasteiger partial charge on any atom is -0.373 e. The van der Waals surface area contributed by atoms with Gasteiger partial charge in [0.15, 0.2) is 0 Å². The Bertz CT molecular complexity index is 1030. The Morgan fingerprint density at radius 3 is 2.72 bits per heavy atom. The van der Waals surface area contributed by atoms with Crippen LogP contribution in [0.1, 0.15) is 18.4 Å². The maximum absolute atomic E-state index is 12.2. The summed E-state index contributed by atoms with van der Waals surface area (Å²) in [4.78, 5) is 21.1. The van der Waals surface area contributed by atoms with Gasteiger partial charge in [0.25, 0.3) is 0 Å². The third-order valence-electron chi connectivity index (χ3n) is 4.47. The Balaban J connectivity index is 1.65. The van der Waals surface area contributed by atoms with Crippen LogP contribution in [-0.4, -0.2) is 22.5 Å². The number of nitrogens with zero attached hydrogens (tertiary/aromatic N) is 2. The monoisotopic (exact) mass is 386 g/mol. The predicted molar refractivity (Wildman–Crippen MR) is 114 cm³/mol. The highest BCUT2D eigenvalue weighted by Gasteiger charge is 2.07. The third kappa shape index (κ3) is 5.27. The van der Waals surface area contributed by atoms with E-state index in [2.05, 4.69) is 20.6 Å². The summed E-state index contributed by atoms with van der Waals surface area (Å²) in [5.74, 6) is 0.488. The number of carbonyl (C=O) groups is 1. The van der Waals surface area contributed by atoms with Crippen LogP contribution in [0.3, 0.4) is 0 Å². The van der Waals surface area contributed by atoms with E-state index in [-0.39, 0.29) is 5.91 Å². The Labute approximate surface area is 169 Å². The molecule has 1 aromatic heterocycles. The molecule has 1 aliphatic heterocycles. The highest BCUT2D eigenvalue weighted by Crippen LogP contribution is 2.23. The molecule has 0 saturated carbocycles. The maximum Gasteiger partial charge on any atom is 0.227 e. The van der Waals surface area contributed by atoms with Crippen LogP contribution in [0.25, 0.3) is 11.3 Å². The largest absolute Gasteiger partial charge is 0.373 e. The molecule has 29 heavy (non-hydrogen) atoms. The van der Waals surface area contributed by atoms with Gasteiger partial charge in [-0.1, -0.05) is 36.4 Å². The molecule has 2 heterocycles. The lowest BCUT2D eigenvalue weighted by molar-refractivity contribution is -0.116. The van der Waals surface area contributed by atoms with Crippen LogP contribution in [0.15, 0.2) is 72.9 Å². The molecule has 0 spiro atoms. The number of hydrogen-bond acceptors (Lipinski definition) is 5. The second-order valence-electron chi connectivity index (χ2n) is 6.75. The van der Waals surface area contributed by atoms with Crippen molar-refractivity contribution in [1.82, 2.24) is 9.97 Å². The predicted octanol–water partition coefficient (Wildman–Crippen LogP) is 4.69. The van der Waals surface area contributed by atoms with Gasteiger partial charge in [-0.25, -0.2) is 9.97 Å². The maximum atomic E-state index is 12.2. The van der Waals surface area contributed by atoms with Crippen LogP contribution in [0.4, 0.5) is 17.3 Å². The minimum atomic E-state index is -0.0216. The number of aromatic nitrogens is 2. The highest BCUT2D eigenvalue weighted by atomic mass is 16.5. The topological polar surface area (TPSA) is 76.1 Å². The van der Waals surface area contributed by atoms with Crippen molar-refractivity contribution >= 4 is 23.2 Å². The molecule has 0 saturated heterocycles. The number of hydrogen-bond donors (Lipinski definition) is 2. The summed E-state index contributed by atoms with van der Waals surface area (Å²) in [6, 6.07) is 17.5. The molecule has 2 aromatic carbocycles. The highest BCUT2D eigenvalue weighted by molar-refractivity contribution is 5.91. The van der Waals surface area contributed by atoms with E-state index in [1.807, 2.05) is 66.7 Å². The SMILES string of the molecule is O=C1CCC=CCOCc2cccc(c2)Nc2nccc(n2)-c2cccc(c2)N1. The Hall–Kier alpha value is -3.51. The number of amides is 1. The summed E-state index contributed by atoms with van der Waals surface area (Å²) in [6.07, 6.45) is 6.73. The lowest BCUT2D eigenvalue weighted by atomic mass is 10.1. The van der Waals surface area contributed by atoms with Gasteiger partial charge >= 0.3 is 0 Å². The van der Waals surface area contributed by atoms with Crippen molar-refractivity contribution in [2.24, 2.45) is 0 Å². The van der Waals surface area contributed by atoms with Crippen LogP contribution < -0.4 is 10.6 Å². The summed E-state index contributed by atoms with van der Waals surface area (Å²) in [6.45, 7) is 1.01. The number of carbonyl (C=O) groups excluding carboxylic acids is 1. The van der Waals surface area contributed by atoms with Crippen LogP contribution in [-0.2, 0) is 16.1 Å². The molecule has 146 valence electrons. The molecular formula is C23H22N4O2. The zero-order valence-electron chi connectivity index (χ0n) is 16.0. The smallest absolute Gasteiger partial charge is 0.227 e. The molecule has 6 nitrogen and oxygen atoms in total. The Kier molecular flexibility index (Phi) is 5.92. The summed E-state index contributed by atoms with van der Waals surface area (Å²) >= 11 is 0. The molecule has 0 aliphatic carbocycles. The fraction of sp³-hybridized carbons (Fsp3) is 0.174. The van der Waals surface area contributed by atoms with Crippen molar-refractivity contribution in [2.75, 3.05) is 17.2 Å². The molecule has 1 aliphatic rings. The van der Waals surface area contributed by atoms with Crippen LogP contribution in [0.5, 0.6) is 0 Å². The van der Waals surface area contributed by atoms with Crippen molar-refractivity contribution < 1.29 is 9.53 Å². The van der Waals surface area contributed by atoms with E-state index in [4.69, 9.17) is 4.74 Å². The van der Waals surface area contributed by atoms with Gasteiger partial charge in [-0.3, -0.25) is 4.79 Å². The number of benzene rings is 2. The van der Waals surface area contributed by atoms with Crippen molar-refractivity contribution in [3.05, 3.63) is 78.5 Å². The van der Waals surface area contributed by atoms with Gasteiger partial charge < -0.3 is 15.4 Å². The van der Waals surface area contributed by atoms with E-state index >= 15 is 0 Å².